The van der Waals surface area contributed by atoms with E-state index in [1.54, 1.807) is 0 Å². The minimum atomic E-state index is -0.356. The molecule has 0 saturated heterocycles. The van der Waals surface area contributed by atoms with Crippen LogP contribution in [0.2, 0.25) is 0 Å². The zero-order valence-corrected chi connectivity index (χ0v) is 31.5. The second kappa shape index (κ2) is 31.8. The Bertz CT molecular complexity index is 812. The standard InChI is InChI=1S/C42H76O5/c1-5-9-13-15-17-21-30-45-42(46-31-22-18-16-14-10-6-2)29-28-41(44)47-36-40-33-38(32-39(34-40)35-43)27-23-26-37(24-19-11-7-3)25-20-12-8-4/h32-34,37,42-43H,5-31,35-36H2,1-4H3. The molecule has 0 saturated carbocycles. The molecule has 5 heteroatoms. The predicted molar refractivity (Wildman–Crippen MR) is 199 cm³/mol. The van der Waals surface area contributed by atoms with Gasteiger partial charge in [-0.2, -0.15) is 0 Å². The Kier molecular flexibility index (Phi) is 29.5. The smallest absolute Gasteiger partial charge is 0.306 e. The van der Waals surface area contributed by atoms with Crippen molar-refractivity contribution in [2.24, 2.45) is 5.92 Å². The number of ether oxygens (including phenoxy) is 3. The van der Waals surface area contributed by atoms with Crippen molar-refractivity contribution in [3.63, 3.8) is 0 Å². The van der Waals surface area contributed by atoms with E-state index in [9.17, 15) is 9.90 Å². The van der Waals surface area contributed by atoms with Crippen molar-refractivity contribution in [1.29, 1.82) is 0 Å². The molecule has 274 valence electrons. The molecule has 0 radical (unpaired) electrons. The molecule has 1 aromatic carbocycles. The lowest BCUT2D eigenvalue weighted by Crippen LogP contribution is -2.21. The fraction of sp³-hybridized carbons (Fsp3) is 0.833. The molecular formula is C42H76O5. The van der Waals surface area contributed by atoms with Crippen LogP contribution in [-0.4, -0.2) is 30.6 Å². The molecule has 0 bridgehead atoms. The van der Waals surface area contributed by atoms with Gasteiger partial charge in [0.2, 0.25) is 0 Å². The van der Waals surface area contributed by atoms with Gasteiger partial charge >= 0.3 is 5.97 Å². The van der Waals surface area contributed by atoms with E-state index in [0.29, 0.717) is 19.6 Å². The summed E-state index contributed by atoms with van der Waals surface area (Å²) < 4.78 is 17.9. The van der Waals surface area contributed by atoms with Gasteiger partial charge in [0.25, 0.3) is 0 Å². The van der Waals surface area contributed by atoms with Crippen LogP contribution in [-0.2, 0) is 38.6 Å². The Morgan fingerprint density at radius 1 is 0.574 bits per heavy atom. The minimum absolute atomic E-state index is 0.000980. The molecule has 47 heavy (non-hydrogen) atoms. The Balaban J connectivity index is 2.57. The van der Waals surface area contributed by atoms with E-state index in [1.165, 1.54) is 128 Å². The van der Waals surface area contributed by atoms with Gasteiger partial charge in [0.1, 0.15) is 6.61 Å². The molecule has 1 rings (SSSR count). The fourth-order valence-electron chi connectivity index (χ4n) is 6.43. The number of carbonyl (C=O) groups excluding carboxylic acids is 1. The number of unbranched alkanes of at least 4 members (excludes halogenated alkanes) is 14. The fourth-order valence-corrected chi connectivity index (χ4v) is 6.43. The summed E-state index contributed by atoms with van der Waals surface area (Å²) in [4.78, 5) is 12.8. The molecule has 0 aliphatic rings. The van der Waals surface area contributed by atoms with E-state index in [1.807, 2.05) is 6.07 Å². The molecule has 0 aliphatic carbocycles. The quantitative estimate of drug-likeness (QED) is 0.0453. The number of carbonyl (C=O) groups is 1. The molecule has 5 nitrogen and oxygen atoms in total. The summed E-state index contributed by atoms with van der Waals surface area (Å²) in [7, 11) is 0. The molecular weight excluding hydrogens is 584 g/mol. The molecule has 1 N–H and O–H groups in total. The predicted octanol–water partition coefficient (Wildman–Crippen LogP) is 12.2. The first-order valence-electron chi connectivity index (χ1n) is 20.2. The summed E-state index contributed by atoms with van der Waals surface area (Å²) in [6.45, 7) is 10.6. The normalized spacial score (nSPS) is 11.6. The van der Waals surface area contributed by atoms with Crippen molar-refractivity contribution < 1.29 is 24.1 Å². The molecule has 0 unspecified atom stereocenters. The minimum Gasteiger partial charge on any atom is -0.461 e. The maximum Gasteiger partial charge on any atom is 0.306 e. The van der Waals surface area contributed by atoms with Gasteiger partial charge in [0.15, 0.2) is 6.29 Å². The van der Waals surface area contributed by atoms with Crippen molar-refractivity contribution in [1.82, 2.24) is 0 Å². The van der Waals surface area contributed by atoms with Crippen LogP contribution in [0.25, 0.3) is 0 Å². The number of esters is 1. The van der Waals surface area contributed by atoms with E-state index < -0.39 is 0 Å². The highest BCUT2D eigenvalue weighted by Gasteiger charge is 2.15. The van der Waals surface area contributed by atoms with Crippen LogP contribution in [0.1, 0.15) is 198 Å². The number of aliphatic hydroxyl groups excluding tert-OH is 1. The van der Waals surface area contributed by atoms with E-state index in [4.69, 9.17) is 14.2 Å². The second-order valence-electron chi connectivity index (χ2n) is 14.0. The van der Waals surface area contributed by atoms with Crippen molar-refractivity contribution in [2.75, 3.05) is 13.2 Å². The van der Waals surface area contributed by atoms with Crippen LogP contribution in [0.4, 0.5) is 0 Å². The number of aryl methyl sites for hydroxylation is 1. The average molecular weight is 661 g/mol. The molecule has 0 heterocycles. The maximum absolute atomic E-state index is 12.8. The zero-order chi connectivity index (χ0) is 34.2. The average Bonchev–Trinajstić information content (AvgIpc) is 3.08. The third kappa shape index (κ3) is 25.2. The molecule has 0 fully saturated rings. The van der Waals surface area contributed by atoms with Gasteiger partial charge in [-0.05, 0) is 48.3 Å². The lowest BCUT2D eigenvalue weighted by molar-refractivity contribution is -0.160. The number of rotatable bonds is 34. The van der Waals surface area contributed by atoms with Gasteiger partial charge < -0.3 is 19.3 Å². The summed E-state index contributed by atoms with van der Waals surface area (Å²) >= 11 is 0. The summed E-state index contributed by atoms with van der Waals surface area (Å²) in [5, 5.41) is 9.91. The third-order valence-corrected chi connectivity index (χ3v) is 9.39. The third-order valence-electron chi connectivity index (χ3n) is 9.39. The first-order valence-corrected chi connectivity index (χ1v) is 20.2. The van der Waals surface area contributed by atoms with Gasteiger partial charge in [-0.1, -0.05) is 168 Å². The Morgan fingerprint density at radius 2 is 1.04 bits per heavy atom. The SMILES string of the molecule is CCCCCCCCOC(CCC(=O)OCc1cc(CO)cc(CCCC(CCCCC)CCCCC)c1)OCCCCCCCC. The molecule has 1 aromatic rings. The highest BCUT2D eigenvalue weighted by molar-refractivity contribution is 5.69. The first-order chi connectivity index (χ1) is 23.1. The summed E-state index contributed by atoms with van der Waals surface area (Å²) in [6, 6.07) is 6.23. The number of benzene rings is 1. The number of aliphatic hydroxyl groups is 1. The Hall–Kier alpha value is -1.43. The van der Waals surface area contributed by atoms with Gasteiger partial charge in [-0.3, -0.25) is 4.79 Å². The van der Waals surface area contributed by atoms with Crippen molar-refractivity contribution in [3.8, 4) is 0 Å². The van der Waals surface area contributed by atoms with E-state index in [-0.39, 0.29) is 31.9 Å². The largest absolute Gasteiger partial charge is 0.461 e. The molecule has 0 atom stereocenters. The van der Waals surface area contributed by atoms with Crippen LogP contribution in [0.5, 0.6) is 0 Å². The van der Waals surface area contributed by atoms with Crippen LogP contribution >= 0.6 is 0 Å². The van der Waals surface area contributed by atoms with Gasteiger partial charge in [-0.25, -0.2) is 0 Å². The van der Waals surface area contributed by atoms with Crippen LogP contribution in [0, 0.1) is 5.92 Å². The van der Waals surface area contributed by atoms with Gasteiger partial charge in [0, 0.05) is 19.6 Å². The first kappa shape index (κ1) is 43.6. The van der Waals surface area contributed by atoms with Crippen molar-refractivity contribution >= 4 is 5.97 Å². The molecule has 0 spiro atoms. The van der Waals surface area contributed by atoms with E-state index in [2.05, 4.69) is 39.8 Å². The summed E-state index contributed by atoms with van der Waals surface area (Å²) in [5.74, 6) is 0.599. The summed E-state index contributed by atoms with van der Waals surface area (Å²) in [5.41, 5.74) is 3.08. The Morgan fingerprint density at radius 3 is 1.60 bits per heavy atom. The van der Waals surface area contributed by atoms with Gasteiger partial charge in [-0.15, -0.1) is 0 Å². The van der Waals surface area contributed by atoms with Gasteiger partial charge in [0.05, 0.1) is 13.0 Å². The lowest BCUT2D eigenvalue weighted by Gasteiger charge is -2.19. The van der Waals surface area contributed by atoms with E-state index in [0.717, 1.165) is 42.7 Å². The Labute approximate surface area is 291 Å². The van der Waals surface area contributed by atoms with E-state index >= 15 is 0 Å². The highest BCUT2D eigenvalue weighted by Crippen LogP contribution is 2.24. The molecule has 0 amide bonds. The monoisotopic (exact) mass is 661 g/mol. The second-order valence-corrected chi connectivity index (χ2v) is 14.0. The lowest BCUT2D eigenvalue weighted by atomic mass is 9.89. The number of hydrogen-bond acceptors (Lipinski definition) is 5. The summed E-state index contributed by atoms with van der Waals surface area (Å²) in [6.07, 6.45) is 29.2. The maximum atomic E-state index is 12.8. The zero-order valence-electron chi connectivity index (χ0n) is 31.5. The number of hydrogen-bond donors (Lipinski definition) is 1. The molecule has 0 aromatic heterocycles. The van der Waals surface area contributed by atoms with Crippen LogP contribution < -0.4 is 0 Å². The van der Waals surface area contributed by atoms with Crippen LogP contribution in [0.15, 0.2) is 18.2 Å². The van der Waals surface area contributed by atoms with Crippen molar-refractivity contribution in [2.45, 2.75) is 208 Å². The van der Waals surface area contributed by atoms with Crippen LogP contribution in [0.3, 0.4) is 0 Å². The van der Waals surface area contributed by atoms with Crippen molar-refractivity contribution in [3.05, 3.63) is 34.9 Å². The topological polar surface area (TPSA) is 65.0 Å². The molecule has 0 aliphatic heterocycles. The highest BCUT2D eigenvalue weighted by atomic mass is 16.7.